The minimum absolute atomic E-state index is 0.200. The first kappa shape index (κ1) is 14.9. The Morgan fingerprint density at radius 2 is 2.13 bits per heavy atom. The molecule has 116 valence electrons. The van der Waals surface area contributed by atoms with Gasteiger partial charge in [0.1, 0.15) is 17.2 Å². The number of carbonyl (C=O) groups excluding carboxylic acids is 1. The molecular weight excluding hydrogens is 297 g/mol. The van der Waals surface area contributed by atoms with Crippen molar-refractivity contribution in [3.63, 3.8) is 0 Å². The highest BCUT2D eigenvalue weighted by Gasteiger charge is 2.15. The molecule has 0 amide bonds. The van der Waals surface area contributed by atoms with Crippen LogP contribution in [-0.2, 0) is 4.74 Å². The number of nitrogen functional groups attached to an aromatic ring is 1. The van der Waals surface area contributed by atoms with E-state index in [2.05, 4.69) is 9.97 Å². The average Bonchev–Trinajstić information content (AvgIpc) is 2.55. The van der Waals surface area contributed by atoms with Gasteiger partial charge in [0.25, 0.3) is 0 Å². The Hall–Kier alpha value is -3.02. The number of ether oxygens (including phenoxy) is 1. The maximum Gasteiger partial charge on any atom is 0.340 e. The molecule has 0 radical (unpaired) electrons. The molecule has 3 rings (SSSR count). The van der Waals surface area contributed by atoms with Crippen molar-refractivity contribution in [3.05, 3.63) is 54.0 Å². The lowest BCUT2D eigenvalue weighted by Crippen LogP contribution is -2.08. The van der Waals surface area contributed by atoms with Gasteiger partial charge in [0, 0.05) is 17.1 Å². The summed E-state index contributed by atoms with van der Waals surface area (Å²) in [6, 6.07) is 9.52. The summed E-state index contributed by atoms with van der Waals surface area (Å²) in [6.07, 6.45) is 1.37. The fourth-order valence-electron chi connectivity index (χ4n) is 2.32. The van der Waals surface area contributed by atoms with Gasteiger partial charge in [0.2, 0.25) is 0 Å². The van der Waals surface area contributed by atoms with Crippen molar-refractivity contribution in [3.8, 4) is 11.3 Å². The molecule has 1 aromatic carbocycles. The standard InChI is InChI=1S/C17H14FN3O2/c1-2-23-17(22)13-9-20-16(19)15-12(13)6-7-14(21-15)10-4-3-5-11(18)8-10/h3-9H,2H2,1H3,(H2,19,20). The zero-order valence-corrected chi connectivity index (χ0v) is 12.4. The Balaban J connectivity index is 2.17. The molecule has 2 aromatic heterocycles. The molecule has 2 N–H and O–H groups in total. The Labute approximate surface area is 131 Å². The number of benzene rings is 1. The molecule has 0 unspecified atom stereocenters. The number of halogens is 1. The summed E-state index contributed by atoms with van der Waals surface area (Å²) in [4.78, 5) is 20.4. The van der Waals surface area contributed by atoms with Crippen molar-refractivity contribution in [1.29, 1.82) is 0 Å². The lowest BCUT2D eigenvalue weighted by Gasteiger charge is -2.09. The second kappa shape index (κ2) is 6.00. The fraction of sp³-hybridized carbons (Fsp3) is 0.118. The Morgan fingerprint density at radius 1 is 1.30 bits per heavy atom. The molecule has 3 aromatic rings. The van der Waals surface area contributed by atoms with Crippen molar-refractivity contribution in [1.82, 2.24) is 9.97 Å². The summed E-state index contributed by atoms with van der Waals surface area (Å²) in [7, 11) is 0. The van der Waals surface area contributed by atoms with Gasteiger partial charge in [-0.3, -0.25) is 0 Å². The first-order chi connectivity index (χ1) is 11.1. The molecule has 0 saturated heterocycles. The van der Waals surface area contributed by atoms with E-state index in [0.717, 1.165) is 0 Å². The third-order valence-electron chi connectivity index (χ3n) is 3.38. The average molecular weight is 311 g/mol. The molecule has 23 heavy (non-hydrogen) atoms. The van der Waals surface area contributed by atoms with Gasteiger partial charge < -0.3 is 10.5 Å². The predicted molar refractivity (Wildman–Crippen MR) is 85.3 cm³/mol. The molecular formula is C17H14FN3O2. The maximum absolute atomic E-state index is 13.4. The second-order valence-corrected chi connectivity index (χ2v) is 4.88. The van der Waals surface area contributed by atoms with Gasteiger partial charge >= 0.3 is 5.97 Å². The summed E-state index contributed by atoms with van der Waals surface area (Å²) in [5.74, 6) is -0.632. The maximum atomic E-state index is 13.4. The van der Waals surface area contributed by atoms with Gasteiger partial charge in [-0.1, -0.05) is 12.1 Å². The molecule has 0 aliphatic carbocycles. The Bertz CT molecular complexity index is 896. The number of rotatable bonds is 3. The van der Waals surface area contributed by atoms with Crippen molar-refractivity contribution < 1.29 is 13.9 Å². The van der Waals surface area contributed by atoms with Gasteiger partial charge in [0.05, 0.1) is 17.9 Å². The zero-order chi connectivity index (χ0) is 16.4. The molecule has 0 aliphatic heterocycles. The summed E-state index contributed by atoms with van der Waals surface area (Å²) < 4.78 is 18.4. The zero-order valence-electron chi connectivity index (χ0n) is 12.4. The Morgan fingerprint density at radius 3 is 2.87 bits per heavy atom. The number of nitrogens with two attached hydrogens (primary N) is 1. The van der Waals surface area contributed by atoms with E-state index in [1.807, 2.05) is 0 Å². The van der Waals surface area contributed by atoms with Gasteiger partial charge in [0.15, 0.2) is 0 Å². The van der Waals surface area contributed by atoms with Crippen LogP contribution in [-0.4, -0.2) is 22.5 Å². The number of aromatic nitrogens is 2. The summed E-state index contributed by atoms with van der Waals surface area (Å²) in [5.41, 5.74) is 7.73. The second-order valence-electron chi connectivity index (χ2n) is 4.88. The van der Waals surface area contributed by atoms with Crippen LogP contribution in [0, 0.1) is 5.82 Å². The van der Waals surface area contributed by atoms with Crippen LogP contribution < -0.4 is 5.73 Å². The molecule has 0 fully saturated rings. The monoisotopic (exact) mass is 311 g/mol. The number of pyridine rings is 2. The predicted octanol–water partition coefficient (Wildman–Crippen LogP) is 3.19. The van der Waals surface area contributed by atoms with Crippen LogP contribution >= 0.6 is 0 Å². The topological polar surface area (TPSA) is 78.1 Å². The van der Waals surface area contributed by atoms with Crippen LogP contribution in [0.3, 0.4) is 0 Å². The number of esters is 1. The van der Waals surface area contributed by atoms with E-state index in [0.29, 0.717) is 27.7 Å². The van der Waals surface area contributed by atoms with E-state index in [1.54, 1.807) is 31.2 Å². The summed E-state index contributed by atoms with van der Waals surface area (Å²) >= 11 is 0. The minimum Gasteiger partial charge on any atom is -0.462 e. The van der Waals surface area contributed by atoms with Crippen LogP contribution in [0.5, 0.6) is 0 Å². The number of fused-ring (bicyclic) bond motifs is 1. The molecule has 2 heterocycles. The first-order valence-electron chi connectivity index (χ1n) is 7.08. The SMILES string of the molecule is CCOC(=O)c1cnc(N)c2nc(-c3cccc(F)c3)ccc12. The number of carbonyl (C=O) groups is 1. The van der Waals surface area contributed by atoms with Crippen molar-refractivity contribution in [2.45, 2.75) is 6.92 Å². The molecule has 0 saturated carbocycles. The van der Waals surface area contributed by atoms with Gasteiger partial charge in [-0.15, -0.1) is 0 Å². The molecule has 6 heteroatoms. The van der Waals surface area contributed by atoms with Gasteiger partial charge in [-0.25, -0.2) is 19.2 Å². The van der Waals surface area contributed by atoms with E-state index in [1.165, 1.54) is 18.3 Å². The fourth-order valence-corrected chi connectivity index (χ4v) is 2.32. The summed E-state index contributed by atoms with van der Waals surface area (Å²) in [5, 5.41) is 0.552. The molecule has 0 bridgehead atoms. The highest BCUT2D eigenvalue weighted by Crippen LogP contribution is 2.26. The highest BCUT2D eigenvalue weighted by molar-refractivity contribution is 6.05. The highest BCUT2D eigenvalue weighted by atomic mass is 19.1. The third-order valence-corrected chi connectivity index (χ3v) is 3.38. The largest absolute Gasteiger partial charge is 0.462 e. The number of hydrogen-bond donors (Lipinski definition) is 1. The normalized spacial score (nSPS) is 10.7. The minimum atomic E-state index is -0.481. The third kappa shape index (κ3) is 2.83. The van der Waals surface area contributed by atoms with E-state index < -0.39 is 5.97 Å². The van der Waals surface area contributed by atoms with Crippen molar-refractivity contribution in [2.75, 3.05) is 12.3 Å². The van der Waals surface area contributed by atoms with Crippen LogP contribution in [0.2, 0.25) is 0 Å². The summed E-state index contributed by atoms with van der Waals surface area (Å²) in [6.45, 7) is 1.99. The Kier molecular flexibility index (Phi) is 3.89. The molecule has 5 nitrogen and oxygen atoms in total. The van der Waals surface area contributed by atoms with E-state index >= 15 is 0 Å². The number of hydrogen-bond acceptors (Lipinski definition) is 5. The van der Waals surface area contributed by atoms with Gasteiger partial charge in [-0.2, -0.15) is 0 Å². The van der Waals surface area contributed by atoms with Crippen LogP contribution in [0.1, 0.15) is 17.3 Å². The first-order valence-corrected chi connectivity index (χ1v) is 7.08. The van der Waals surface area contributed by atoms with Crippen molar-refractivity contribution >= 4 is 22.7 Å². The van der Waals surface area contributed by atoms with Crippen LogP contribution in [0.15, 0.2) is 42.6 Å². The smallest absolute Gasteiger partial charge is 0.340 e. The van der Waals surface area contributed by atoms with Crippen molar-refractivity contribution in [2.24, 2.45) is 0 Å². The van der Waals surface area contributed by atoms with E-state index in [-0.39, 0.29) is 18.2 Å². The lowest BCUT2D eigenvalue weighted by atomic mass is 10.1. The molecule has 0 spiro atoms. The van der Waals surface area contributed by atoms with Gasteiger partial charge in [-0.05, 0) is 31.2 Å². The van der Waals surface area contributed by atoms with E-state index in [9.17, 15) is 9.18 Å². The quantitative estimate of drug-likeness (QED) is 0.752. The lowest BCUT2D eigenvalue weighted by molar-refractivity contribution is 0.0528. The van der Waals surface area contributed by atoms with Crippen LogP contribution in [0.4, 0.5) is 10.2 Å². The molecule has 0 atom stereocenters. The van der Waals surface area contributed by atoms with E-state index in [4.69, 9.17) is 10.5 Å². The number of nitrogens with zero attached hydrogens (tertiary/aromatic N) is 2. The van der Waals surface area contributed by atoms with Crippen LogP contribution in [0.25, 0.3) is 22.2 Å². The number of anilines is 1. The molecule has 0 aliphatic rings.